The van der Waals surface area contributed by atoms with E-state index >= 15 is 0 Å². The summed E-state index contributed by atoms with van der Waals surface area (Å²) in [6, 6.07) is 1.53. The van der Waals surface area contributed by atoms with Gasteiger partial charge in [-0.15, -0.1) is 0 Å². The first-order valence-electron chi connectivity index (χ1n) is 9.21. The molecule has 0 spiro atoms. The fourth-order valence-electron chi connectivity index (χ4n) is 2.40. The van der Waals surface area contributed by atoms with Crippen LogP contribution in [0.3, 0.4) is 0 Å². The number of hydrazine groups is 1. The Bertz CT molecular complexity index is 980. The molecule has 0 aliphatic carbocycles. The number of pyridine rings is 1. The molecule has 2 aromatic heterocycles. The highest BCUT2D eigenvalue weighted by atomic mass is 16.1. The Morgan fingerprint density at radius 2 is 1.80 bits per heavy atom. The van der Waals surface area contributed by atoms with E-state index in [1.54, 1.807) is 27.7 Å². The lowest BCUT2D eigenvalue weighted by molar-refractivity contribution is -0.125. The Kier molecular flexibility index (Phi) is 7.06. The van der Waals surface area contributed by atoms with Gasteiger partial charge in [-0.25, -0.2) is 15.8 Å². The molecule has 2 rings (SSSR count). The van der Waals surface area contributed by atoms with E-state index in [4.69, 9.17) is 17.0 Å². The van der Waals surface area contributed by atoms with Gasteiger partial charge >= 0.3 is 0 Å². The lowest BCUT2D eigenvalue weighted by Gasteiger charge is -2.21. The van der Waals surface area contributed by atoms with Gasteiger partial charge in [0.2, 0.25) is 0 Å². The van der Waals surface area contributed by atoms with Crippen molar-refractivity contribution < 1.29 is 9.59 Å². The lowest BCUT2D eigenvalue weighted by atomic mass is 9.89. The van der Waals surface area contributed by atoms with Gasteiger partial charge in [0.1, 0.15) is 17.9 Å². The molecule has 0 unspecified atom stereocenters. The lowest BCUT2D eigenvalue weighted by Crippen LogP contribution is -2.37. The number of hydrogen-bond donors (Lipinski definition) is 3. The van der Waals surface area contributed by atoms with Gasteiger partial charge in [0, 0.05) is 29.6 Å². The average Bonchev–Trinajstić information content (AvgIpc) is 2.67. The van der Waals surface area contributed by atoms with E-state index in [9.17, 15) is 9.59 Å². The van der Waals surface area contributed by atoms with Crippen LogP contribution in [0.4, 0.5) is 5.69 Å². The molecule has 1 amide bonds. The first-order chi connectivity index (χ1) is 14.0. The second-order valence-corrected chi connectivity index (χ2v) is 7.82. The molecule has 0 saturated heterocycles. The van der Waals surface area contributed by atoms with Gasteiger partial charge in [0.05, 0.1) is 35.6 Å². The smallest absolute Gasteiger partial charge is 0.280 e. The van der Waals surface area contributed by atoms with Gasteiger partial charge in [0.25, 0.3) is 5.91 Å². The second kappa shape index (κ2) is 9.31. The van der Waals surface area contributed by atoms with Crippen LogP contribution in [0.5, 0.6) is 0 Å². The summed E-state index contributed by atoms with van der Waals surface area (Å²) in [7, 11) is 0. The van der Waals surface area contributed by atoms with E-state index in [2.05, 4.69) is 19.9 Å². The largest absolute Gasteiger partial charge is 0.387 e. The highest BCUT2D eigenvalue weighted by Gasteiger charge is 2.22. The average molecular weight is 410 g/mol. The molecule has 2 heterocycles. The molecule has 0 saturated carbocycles. The minimum atomic E-state index is -0.622. The van der Waals surface area contributed by atoms with E-state index in [1.165, 1.54) is 36.0 Å². The number of aryl methyl sites for hydroxylation is 1. The van der Waals surface area contributed by atoms with Crippen LogP contribution < -0.4 is 16.6 Å². The first-order valence-corrected chi connectivity index (χ1v) is 9.21. The Hall–Kier alpha value is -3.53. The molecule has 0 aromatic carbocycles. The molecule has 0 bridgehead atoms. The Morgan fingerprint density at radius 3 is 2.40 bits per heavy atom. The number of aliphatic imine (C=N–C) groups is 1. The highest BCUT2D eigenvalue weighted by molar-refractivity contribution is 6.09. The number of amides is 1. The Balaban J connectivity index is 2.17. The third-order valence-corrected chi connectivity index (χ3v) is 4.28. The summed E-state index contributed by atoms with van der Waals surface area (Å²) in [6.45, 7) is 7.11. The van der Waals surface area contributed by atoms with Crippen molar-refractivity contribution in [1.29, 1.82) is 5.41 Å². The number of nitrogens with zero attached hydrogens (tertiary/aromatic N) is 5. The van der Waals surface area contributed by atoms with Gasteiger partial charge < -0.3 is 16.2 Å². The number of anilines is 1. The van der Waals surface area contributed by atoms with Crippen molar-refractivity contribution in [1.82, 2.24) is 15.0 Å². The SMILES string of the molecule is Cc1ncc(C(=O)N=C(N)CC(=O)C(C)(C)C)cc1N(N)CC(=N)c1cncnc1. The van der Waals surface area contributed by atoms with Gasteiger partial charge in [-0.3, -0.25) is 14.6 Å². The predicted octanol–water partition coefficient (Wildman–Crippen LogP) is 1.43. The van der Waals surface area contributed by atoms with Gasteiger partial charge in [-0.1, -0.05) is 20.8 Å². The fourth-order valence-corrected chi connectivity index (χ4v) is 2.40. The topological polar surface area (TPSA) is 164 Å². The van der Waals surface area contributed by atoms with Crippen LogP contribution in [0.25, 0.3) is 0 Å². The quantitative estimate of drug-likeness (QED) is 0.267. The van der Waals surface area contributed by atoms with Gasteiger partial charge in [-0.05, 0) is 13.0 Å². The predicted molar refractivity (Wildman–Crippen MR) is 114 cm³/mol. The summed E-state index contributed by atoms with van der Waals surface area (Å²) in [5.41, 5.74) is 7.15. The molecule has 0 atom stereocenters. The highest BCUT2D eigenvalue weighted by Crippen LogP contribution is 2.19. The third kappa shape index (κ3) is 5.98. The van der Waals surface area contributed by atoms with Gasteiger partial charge in [-0.2, -0.15) is 4.99 Å². The van der Waals surface area contributed by atoms with E-state index < -0.39 is 11.3 Å². The maximum Gasteiger partial charge on any atom is 0.280 e. The normalized spacial score (nSPS) is 11.8. The summed E-state index contributed by atoms with van der Waals surface area (Å²) < 4.78 is 0. The number of Topliss-reactive ketones (excluding diaryl/α,β-unsaturated/α-hetero) is 1. The number of carbonyl (C=O) groups is 2. The maximum atomic E-state index is 12.5. The van der Waals surface area contributed by atoms with Crippen molar-refractivity contribution in [3.05, 3.63) is 47.8 Å². The molecule has 0 fully saturated rings. The minimum absolute atomic E-state index is 0.0546. The monoisotopic (exact) mass is 410 g/mol. The van der Waals surface area contributed by atoms with Crippen molar-refractivity contribution in [3.63, 3.8) is 0 Å². The molecule has 158 valence electrons. The van der Waals surface area contributed by atoms with Crippen LogP contribution in [-0.4, -0.2) is 44.7 Å². The molecule has 10 heteroatoms. The fraction of sp³-hybridized carbons (Fsp3) is 0.350. The molecule has 2 aromatic rings. The first kappa shape index (κ1) is 22.8. The van der Waals surface area contributed by atoms with E-state index in [0.717, 1.165) is 0 Å². The van der Waals surface area contributed by atoms with Crippen LogP contribution in [0, 0.1) is 17.7 Å². The molecule has 0 aliphatic rings. The van der Waals surface area contributed by atoms with Crippen LogP contribution in [0.2, 0.25) is 0 Å². The minimum Gasteiger partial charge on any atom is -0.387 e. The Labute approximate surface area is 174 Å². The molecular weight excluding hydrogens is 384 g/mol. The van der Waals surface area contributed by atoms with E-state index in [0.29, 0.717) is 16.9 Å². The summed E-state index contributed by atoms with van der Waals surface area (Å²) in [6.07, 6.45) is 5.67. The summed E-state index contributed by atoms with van der Waals surface area (Å²) in [4.78, 5) is 40.3. The zero-order valence-corrected chi connectivity index (χ0v) is 17.5. The number of hydrogen-bond acceptors (Lipinski definition) is 8. The zero-order chi connectivity index (χ0) is 22.5. The molecule has 30 heavy (non-hydrogen) atoms. The number of aromatic nitrogens is 3. The van der Waals surface area contributed by atoms with Crippen LogP contribution in [-0.2, 0) is 4.79 Å². The van der Waals surface area contributed by atoms with Crippen molar-refractivity contribution in [2.24, 2.45) is 22.0 Å². The van der Waals surface area contributed by atoms with Crippen molar-refractivity contribution in [3.8, 4) is 0 Å². The van der Waals surface area contributed by atoms with Crippen LogP contribution in [0.1, 0.15) is 48.8 Å². The summed E-state index contributed by atoms with van der Waals surface area (Å²) >= 11 is 0. The van der Waals surface area contributed by atoms with Crippen LogP contribution in [0.15, 0.2) is 36.0 Å². The van der Waals surface area contributed by atoms with Crippen molar-refractivity contribution >= 4 is 28.9 Å². The maximum absolute atomic E-state index is 12.5. The third-order valence-electron chi connectivity index (χ3n) is 4.28. The zero-order valence-electron chi connectivity index (χ0n) is 17.5. The number of carbonyl (C=O) groups excluding carboxylic acids is 2. The number of nitrogens with one attached hydrogen (secondary N) is 1. The molecule has 0 aliphatic heterocycles. The number of amidine groups is 1. The second-order valence-electron chi connectivity index (χ2n) is 7.82. The summed E-state index contributed by atoms with van der Waals surface area (Å²) in [5.74, 6) is 5.32. The number of rotatable bonds is 7. The molecular formula is C20H26N8O2. The van der Waals surface area contributed by atoms with Crippen molar-refractivity contribution in [2.75, 3.05) is 11.6 Å². The molecule has 10 nitrogen and oxygen atoms in total. The number of ketones is 1. The summed E-state index contributed by atoms with van der Waals surface area (Å²) in [5, 5.41) is 9.48. The van der Waals surface area contributed by atoms with Gasteiger partial charge in [0.15, 0.2) is 0 Å². The Morgan fingerprint density at radius 1 is 1.17 bits per heavy atom. The van der Waals surface area contributed by atoms with Crippen molar-refractivity contribution in [2.45, 2.75) is 34.1 Å². The number of nitrogens with two attached hydrogens (primary N) is 2. The van der Waals surface area contributed by atoms with E-state index in [1.807, 2.05) is 0 Å². The molecule has 0 radical (unpaired) electrons. The standard InChI is InChI=1S/C20H26N8O2/c1-12-16(28(23)10-15(21)14-7-24-11-25-8-14)5-13(9-26-12)19(30)27-18(22)6-17(29)20(2,3)4/h5,7-9,11,21H,6,10,23H2,1-4H3,(H2,22,27,30). The van der Waals surface area contributed by atoms with Crippen LogP contribution >= 0.6 is 0 Å². The molecule has 5 N–H and O–H groups in total. The van der Waals surface area contributed by atoms with E-state index in [-0.39, 0.29) is 35.9 Å².